The Kier molecular flexibility index (Phi) is 7.61. The van der Waals surface area contributed by atoms with E-state index in [-0.39, 0.29) is 6.03 Å². The zero-order valence-electron chi connectivity index (χ0n) is 22.0. The molecule has 1 aliphatic rings. The Morgan fingerprint density at radius 1 is 0.868 bits per heavy atom. The molecule has 194 valence electrons. The van der Waals surface area contributed by atoms with Crippen LogP contribution in [-0.4, -0.2) is 47.1 Å². The first-order valence-corrected chi connectivity index (χ1v) is 13.3. The number of benzene rings is 3. The third-order valence-electron chi connectivity index (χ3n) is 7.23. The van der Waals surface area contributed by atoms with Gasteiger partial charge in [0, 0.05) is 60.1 Å². The van der Waals surface area contributed by atoms with Crippen LogP contribution in [0.3, 0.4) is 0 Å². The quantitative estimate of drug-likeness (QED) is 0.316. The molecule has 1 aromatic heterocycles. The van der Waals surface area contributed by atoms with Crippen molar-refractivity contribution in [1.82, 2.24) is 14.9 Å². The number of rotatable bonds is 5. The molecule has 1 saturated heterocycles. The summed E-state index contributed by atoms with van der Waals surface area (Å²) in [5.41, 5.74) is 7.33. The van der Waals surface area contributed by atoms with E-state index in [2.05, 4.69) is 54.4 Å². The molecule has 0 spiro atoms. The Bertz CT molecular complexity index is 1430. The normalized spacial score (nSPS) is 13.5. The summed E-state index contributed by atoms with van der Waals surface area (Å²) in [6, 6.07) is 23.9. The van der Waals surface area contributed by atoms with Crippen LogP contribution in [0.5, 0.6) is 0 Å². The number of piperazine rings is 1. The maximum Gasteiger partial charge on any atom is 0.321 e. The number of aromatic nitrogens is 2. The van der Waals surface area contributed by atoms with Crippen molar-refractivity contribution in [2.24, 2.45) is 0 Å². The van der Waals surface area contributed by atoms with E-state index in [0.29, 0.717) is 37.0 Å². The largest absolute Gasteiger partial charge is 0.353 e. The molecule has 0 radical (unpaired) electrons. The van der Waals surface area contributed by atoms with Gasteiger partial charge < -0.3 is 15.1 Å². The van der Waals surface area contributed by atoms with Crippen LogP contribution in [0, 0.1) is 20.8 Å². The standard InChI is InChI=1S/C31H32ClN5O/c1-21-8-7-11-28(22(21)2)34-31(38)37-18-16-36(17-19-37)30-27(20-24-9-5-4-6-10-24)23(3)33-29(35-30)25-12-14-26(32)15-13-25/h4-15H,16-20H2,1-3H3,(H,34,38). The molecule has 2 amide bonds. The number of hydrogen-bond acceptors (Lipinski definition) is 4. The lowest BCUT2D eigenvalue weighted by Crippen LogP contribution is -2.50. The van der Waals surface area contributed by atoms with E-state index in [4.69, 9.17) is 21.6 Å². The smallest absolute Gasteiger partial charge is 0.321 e. The summed E-state index contributed by atoms with van der Waals surface area (Å²) >= 11 is 6.12. The second-order valence-corrected chi connectivity index (χ2v) is 10.2. The molecular formula is C31H32ClN5O. The molecular weight excluding hydrogens is 494 g/mol. The van der Waals surface area contributed by atoms with Gasteiger partial charge in [0.2, 0.25) is 0 Å². The first-order valence-electron chi connectivity index (χ1n) is 12.9. The topological polar surface area (TPSA) is 61.4 Å². The van der Waals surface area contributed by atoms with Gasteiger partial charge in [0.25, 0.3) is 0 Å². The third-order valence-corrected chi connectivity index (χ3v) is 7.48. The molecule has 6 nitrogen and oxygen atoms in total. The summed E-state index contributed by atoms with van der Waals surface area (Å²) < 4.78 is 0. The zero-order valence-corrected chi connectivity index (χ0v) is 22.8. The minimum Gasteiger partial charge on any atom is -0.353 e. The van der Waals surface area contributed by atoms with E-state index in [1.54, 1.807) is 0 Å². The Balaban J connectivity index is 1.39. The van der Waals surface area contributed by atoms with Crippen LogP contribution in [-0.2, 0) is 6.42 Å². The van der Waals surface area contributed by atoms with Crippen LogP contribution >= 0.6 is 11.6 Å². The monoisotopic (exact) mass is 525 g/mol. The summed E-state index contributed by atoms with van der Waals surface area (Å²) in [7, 11) is 0. The highest BCUT2D eigenvalue weighted by Gasteiger charge is 2.26. The van der Waals surface area contributed by atoms with Crippen LogP contribution in [0.2, 0.25) is 5.02 Å². The summed E-state index contributed by atoms with van der Waals surface area (Å²) in [4.78, 5) is 27.2. The molecule has 2 heterocycles. The molecule has 0 aliphatic carbocycles. The lowest BCUT2D eigenvalue weighted by molar-refractivity contribution is 0.208. The average Bonchev–Trinajstić information content (AvgIpc) is 2.93. The maximum atomic E-state index is 13.1. The predicted molar refractivity (Wildman–Crippen MR) is 155 cm³/mol. The molecule has 0 unspecified atom stereocenters. The van der Waals surface area contributed by atoms with Gasteiger partial charge in [0.05, 0.1) is 0 Å². The van der Waals surface area contributed by atoms with E-state index in [1.807, 2.05) is 54.3 Å². The van der Waals surface area contributed by atoms with Crippen molar-refractivity contribution in [1.29, 1.82) is 0 Å². The van der Waals surface area contributed by atoms with E-state index in [0.717, 1.165) is 45.9 Å². The van der Waals surface area contributed by atoms with Crippen molar-refractivity contribution in [3.05, 3.63) is 106 Å². The van der Waals surface area contributed by atoms with E-state index in [9.17, 15) is 4.79 Å². The zero-order chi connectivity index (χ0) is 26.6. The Morgan fingerprint density at radius 2 is 1.58 bits per heavy atom. The van der Waals surface area contributed by atoms with Gasteiger partial charge >= 0.3 is 6.03 Å². The van der Waals surface area contributed by atoms with Gasteiger partial charge in [-0.1, -0.05) is 54.1 Å². The second-order valence-electron chi connectivity index (χ2n) is 9.76. The van der Waals surface area contributed by atoms with Crippen molar-refractivity contribution in [2.75, 3.05) is 36.4 Å². The number of nitrogens with one attached hydrogen (secondary N) is 1. The van der Waals surface area contributed by atoms with Crippen molar-refractivity contribution < 1.29 is 4.79 Å². The number of hydrogen-bond donors (Lipinski definition) is 1. The van der Waals surface area contributed by atoms with Crippen molar-refractivity contribution in [3.63, 3.8) is 0 Å². The molecule has 0 bridgehead atoms. The molecule has 3 aromatic carbocycles. The molecule has 1 aliphatic heterocycles. The van der Waals surface area contributed by atoms with Gasteiger partial charge in [-0.05, 0) is 67.8 Å². The molecule has 5 rings (SSSR count). The predicted octanol–water partition coefficient (Wildman–Crippen LogP) is 6.67. The number of anilines is 2. The van der Waals surface area contributed by atoms with Crippen LogP contribution < -0.4 is 10.2 Å². The van der Waals surface area contributed by atoms with Gasteiger partial charge in [-0.2, -0.15) is 0 Å². The molecule has 7 heteroatoms. The highest BCUT2D eigenvalue weighted by atomic mass is 35.5. The number of halogens is 1. The van der Waals surface area contributed by atoms with Crippen LogP contribution in [0.15, 0.2) is 72.8 Å². The number of carbonyl (C=O) groups excluding carboxylic acids is 1. The Morgan fingerprint density at radius 3 is 2.29 bits per heavy atom. The lowest BCUT2D eigenvalue weighted by atomic mass is 10.0. The number of urea groups is 1. The first kappa shape index (κ1) is 25.7. The van der Waals surface area contributed by atoms with Gasteiger partial charge in [0.15, 0.2) is 5.82 Å². The summed E-state index contributed by atoms with van der Waals surface area (Å²) in [5.74, 6) is 1.61. The minimum absolute atomic E-state index is 0.0661. The first-order chi connectivity index (χ1) is 18.4. The van der Waals surface area contributed by atoms with Gasteiger partial charge in [-0.3, -0.25) is 0 Å². The number of aryl methyl sites for hydroxylation is 2. The fourth-order valence-electron chi connectivity index (χ4n) is 4.78. The van der Waals surface area contributed by atoms with E-state index < -0.39 is 0 Å². The highest BCUT2D eigenvalue weighted by molar-refractivity contribution is 6.30. The van der Waals surface area contributed by atoms with Crippen LogP contribution in [0.4, 0.5) is 16.3 Å². The SMILES string of the molecule is Cc1cccc(NC(=O)N2CCN(c3nc(-c4ccc(Cl)cc4)nc(C)c3Cc3ccccc3)CC2)c1C. The summed E-state index contributed by atoms with van der Waals surface area (Å²) in [6.45, 7) is 8.75. The molecule has 0 saturated carbocycles. The third kappa shape index (κ3) is 5.65. The fourth-order valence-corrected chi connectivity index (χ4v) is 4.91. The van der Waals surface area contributed by atoms with Crippen LogP contribution in [0.1, 0.15) is 27.9 Å². The minimum atomic E-state index is -0.0661. The lowest BCUT2D eigenvalue weighted by Gasteiger charge is -2.36. The summed E-state index contributed by atoms with van der Waals surface area (Å²) in [6.07, 6.45) is 0.746. The van der Waals surface area contributed by atoms with Gasteiger partial charge in [-0.15, -0.1) is 0 Å². The number of amides is 2. The molecule has 4 aromatic rings. The molecule has 0 atom stereocenters. The second kappa shape index (κ2) is 11.2. The van der Waals surface area contributed by atoms with Gasteiger partial charge in [-0.25, -0.2) is 14.8 Å². The molecule has 38 heavy (non-hydrogen) atoms. The number of carbonyl (C=O) groups is 1. The van der Waals surface area contributed by atoms with Crippen molar-refractivity contribution >= 4 is 29.1 Å². The van der Waals surface area contributed by atoms with Crippen molar-refractivity contribution in [2.45, 2.75) is 27.2 Å². The average molecular weight is 526 g/mol. The Labute approximate surface area is 229 Å². The van der Waals surface area contributed by atoms with Crippen molar-refractivity contribution in [3.8, 4) is 11.4 Å². The Hall–Kier alpha value is -3.90. The van der Waals surface area contributed by atoms with Gasteiger partial charge in [0.1, 0.15) is 5.82 Å². The highest BCUT2D eigenvalue weighted by Crippen LogP contribution is 2.29. The van der Waals surface area contributed by atoms with E-state index >= 15 is 0 Å². The molecule has 1 N–H and O–H groups in total. The fraction of sp³-hybridized carbons (Fsp3) is 0.258. The van der Waals surface area contributed by atoms with Crippen LogP contribution in [0.25, 0.3) is 11.4 Å². The molecule has 1 fully saturated rings. The number of nitrogens with zero attached hydrogens (tertiary/aromatic N) is 4. The van der Waals surface area contributed by atoms with E-state index in [1.165, 1.54) is 5.56 Å². The maximum absolute atomic E-state index is 13.1. The summed E-state index contributed by atoms with van der Waals surface area (Å²) in [5, 5.41) is 3.78.